The van der Waals surface area contributed by atoms with Crippen molar-refractivity contribution in [3.05, 3.63) is 70.8 Å². The van der Waals surface area contributed by atoms with E-state index in [-0.39, 0.29) is 23.0 Å². The first-order valence-electron chi connectivity index (χ1n) is 13.2. The van der Waals surface area contributed by atoms with Crippen LogP contribution in [-0.2, 0) is 27.1 Å². The number of hydrogen-bond acceptors (Lipinski definition) is 5. The van der Waals surface area contributed by atoms with Crippen LogP contribution >= 0.6 is 0 Å². The molecule has 36 heavy (non-hydrogen) atoms. The lowest BCUT2D eigenvalue weighted by Gasteiger charge is -2.29. The van der Waals surface area contributed by atoms with Crippen molar-refractivity contribution in [3.63, 3.8) is 0 Å². The second-order valence-electron chi connectivity index (χ2n) is 10.7. The third kappa shape index (κ3) is 9.09. The molecule has 5 heteroatoms. The van der Waals surface area contributed by atoms with Gasteiger partial charge in [-0.05, 0) is 87.8 Å². The van der Waals surface area contributed by atoms with Crippen molar-refractivity contribution in [1.29, 1.82) is 0 Å². The highest BCUT2D eigenvalue weighted by Gasteiger charge is 2.33. The van der Waals surface area contributed by atoms with Gasteiger partial charge in [-0.3, -0.25) is 0 Å². The number of esters is 2. The molecule has 1 fully saturated rings. The van der Waals surface area contributed by atoms with E-state index in [1.165, 1.54) is 24.0 Å². The first-order chi connectivity index (χ1) is 17.0. The summed E-state index contributed by atoms with van der Waals surface area (Å²) in [4.78, 5) is 24.1. The molecule has 2 aromatic rings. The molecule has 0 heterocycles. The Morgan fingerprint density at radius 3 is 1.64 bits per heavy atom. The Morgan fingerprint density at radius 2 is 1.25 bits per heavy atom. The predicted molar refractivity (Wildman–Crippen MR) is 144 cm³/mol. The van der Waals surface area contributed by atoms with E-state index < -0.39 is 6.29 Å². The van der Waals surface area contributed by atoms with Crippen LogP contribution in [0.4, 0.5) is 0 Å². The average molecular weight is 497 g/mol. The second kappa shape index (κ2) is 13.6. The Bertz CT molecular complexity index is 948. The zero-order valence-electron chi connectivity index (χ0n) is 23.2. The smallest absolute Gasteiger partial charge is 0.340 e. The minimum atomic E-state index is -0.532. The fourth-order valence-corrected chi connectivity index (χ4v) is 4.04. The highest BCUT2D eigenvalue weighted by atomic mass is 16.7. The number of rotatable bonds is 8. The van der Waals surface area contributed by atoms with Gasteiger partial charge in [0.15, 0.2) is 0 Å². The number of aryl methyl sites for hydroxylation is 2. The summed E-state index contributed by atoms with van der Waals surface area (Å²) in [6.45, 7) is 14.6. The van der Waals surface area contributed by atoms with Crippen molar-refractivity contribution in [2.45, 2.75) is 98.9 Å². The molecule has 0 aromatic heterocycles. The molecule has 2 aromatic carbocycles. The van der Waals surface area contributed by atoms with Gasteiger partial charge in [0.25, 0.3) is 0 Å². The summed E-state index contributed by atoms with van der Waals surface area (Å²) >= 11 is 0. The minimum Gasteiger partial charge on any atom is -0.456 e. The monoisotopic (exact) mass is 496 g/mol. The zero-order chi connectivity index (χ0) is 26.8. The van der Waals surface area contributed by atoms with Crippen LogP contribution in [0.1, 0.15) is 106 Å². The Labute approximate surface area is 217 Å². The van der Waals surface area contributed by atoms with Gasteiger partial charge in [0.2, 0.25) is 6.29 Å². The topological polar surface area (TPSA) is 61.8 Å². The Kier molecular flexibility index (Phi) is 11.2. The van der Waals surface area contributed by atoms with Crippen LogP contribution in [0.25, 0.3) is 0 Å². The molecule has 3 rings (SSSR count). The summed E-state index contributed by atoms with van der Waals surface area (Å²) in [7, 11) is 0. The van der Waals surface area contributed by atoms with E-state index in [4.69, 9.17) is 14.2 Å². The number of ether oxygens (including phenoxy) is 3. The summed E-state index contributed by atoms with van der Waals surface area (Å²) in [6, 6.07) is 15.2. The lowest BCUT2D eigenvalue weighted by atomic mass is 9.96. The van der Waals surface area contributed by atoms with Crippen molar-refractivity contribution >= 4 is 11.9 Å². The molecule has 1 atom stereocenters. The van der Waals surface area contributed by atoms with Gasteiger partial charge < -0.3 is 14.2 Å². The average Bonchev–Trinajstić information content (AvgIpc) is 3.29. The van der Waals surface area contributed by atoms with Crippen LogP contribution in [0, 0.1) is 5.41 Å². The van der Waals surface area contributed by atoms with Gasteiger partial charge >= 0.3 is 11.9 Å². The third-order valence-electron chi connectivity index (χ3n) is 6.44. The van der Waals surface area contributed by atoms with E-state index in [1.54, 1.807) is 12.1 Å². The second-order valence-corrected chi connectivity index (χ2v) is 10.7. The first kappa shape index (κ1) is 29.6. The van der Waals surface area contributed by atoms with E-state index in [9.17, 15) is 9.59 Å². The van der Waals surface area contributed by atoms with Gasteiger partial charge in [-0.1, -0.05) is 58.9 Å². The fourth-order valence-electron chi connectivity index (χ4n) is 4.04. The molecular formula is C31H44O5. The molecule has 1 saturated carbocycles. The van der Waals surface area contributed by atoms with E-state index in [1.807, 2.05) is 71.0 Å². The molecule has 1 aliphatic rings. The Balaban J connectivity index is 0.000000255. The van der Waals surface area contributed by atoms with Gasteiger partial charge in [0, 0.05) is 12.0 Å². The van der Waals surface area contributed by atoms with E-state index >= 15 is 0 Å². The number of carbonyl (C=O) groups excluding carboxylic acids is 2. The highest BCUT2D eigenvalue weighted by Crippen LogP contribution is 2.33. The van der Waals surface area contributed by atoms with Gasteiger partial charge in [0.05, 0.1) is 11.1 Å². The van der Waals surface area contributed by atoms with Gasteiger partial charge in [-0.2, -0.15) is 0 Å². The maximum absolute atomic E-state index is 12.1. The molecule has 0 N–H and O–H groups in total. The van der Waals surface area contributed by atoms with Crippen LogP contribution < -0.4 is 0 Å². The largest absolute Gasteiger partial charge is 0.456 e. The van der Waals surface area contributed by atoms with Gasteiger partial charge in [-0.15, -0.1) is 0 Å². The van der Waals surface area contributed by atoms with Crippen LogP contribution in [0.5, 0.6) is 0 Å². The molecule has 0 spiro atoms. The van der Waals surface area contributed by atoms with E-state index in [2.05, 4.69) is 13.8 Å². The number of hydrogen-bond donors (Lipinski definition) is 0. The fraction of sp³-hybridized carbons (Fsp3) is 0.548. The molecule has 0 saturated heterocycles. The molecule has 0 radical (unpaired) electrons. The highest BCUT2D eigenvalue weighted by molar-refractivity contribution is 5.90. The van der Waals surface area contributed by atoms with Crippen molar-refractivity contribution in [2.24, 2.45) is 5.41 Å². The van der Waals surface area contributed by atoms with Gasteiger partial charge in [-0.25, -0.2) is 9.59 Å². The third-order valence-corrected chi connectivity index (χ3v) is 6.44. The Hall–Kier alpha value is -2.66. The van der Waals surface area contributed by atoms with E-state index in [0.29, 0.717) is 17.7 Å². The van der Waals surface area contributed by atoms with Crippen molar-refractivity contribution in [2.75, 3.05) is 6.61 Å². The normalized spacial score (nSPS) is 15.4. The van der Waals surface area contributed by atoms with Crippen molar-refractivity contribution in [3.8, 4) is 0 Å². The summed E-state index contributed by atoms with van der Waals surface area (Å²) in [5.74, 6) is -0.520. The predicted octanol–water partition coefficient (Wildman–Crippen LogP) is 7.55. The SMILES string of the molecule is CCOC(OC(=O)c1ccc(CC)cc1)C(C)(C)C.CCc1ccc(C(=O)OC2(C)CCCC2)cc1. The molecule has 1 aliphatic carbocycles. The summed E-state index contributed by atoms with van der Waals surface area (Å²) < 4.78 is 16.6. The van der Waals surface area contributed by atoms with Crippen LogP contribution in [0.2, 0.25) is 0 Å². The standard InChI is InChI=1S/C16H24O3.C15H20O2/c1-6-12-8-10-13(11-9-12)14(17)19-15(18-7-2)16(3,4)5;1-3-12-6-8-13(9-7-12)14(16)17-15(2)10-4-5-11-15/h8-11,15H,6-7H2,1-5H3;6-9H,3-5,10-11H2,1-2H3. The molecule has 5 nitrogen and oxygen atoms in total. The van der Waals surface area contributed by atoms with Crippen LogP contribution in [0.3, 0.4) is 0 Å². The molecule has 1 unspecified atom stereocenters. The first-order valence-corrected chi connectivity index (χ1v) is 13.2. The summed E-state index contributed by atoms with van der Waals surface area (Å²) in [5.41, 5.74) is 3.19. The van der Waals surface area contributed by atoms with Gasteiger partial charge in [0.1, 0.15) is 5.60 Å². The van der Waals surface area contributed by atoms with Crippen LogP contribution in [0.15, 0.2) is 48.5 Å². The maximum atomic E-state index is 12.1. The Morgan fingerprint density at radius 1 is 0.806 bits per heavy atom. The molecular weight excluding hydrogens is 452 g/mol. The van der Waals surface area contributed by atoms with E-state index in [0.717, 1.165) is 25.7 Å². The van der Waals surface area contributed by atoms with Crippen molar-refractivity contribution in [1.82, 2.24) is 0 Å². The quantitative estimate of drug-likeness (QED) is 0.279. The minimum absolute atomic E-state index is 0.183. The van der Waals surface area contributed by atoms with Crippen molar-refractivity contribution < 1.29 is 23.8 Å². The zero-order valence-corrected chi connectivity index (χ0v) is 23.2. The lowest BCUT2D eigenvalue weighted by molar-refractivity contribution is -0.160. The summed E-state index contributed by atoms with van der Waals surface area (Å²) in [5, 5.41) is 0. The molecule has 0 amide bonds. The lowest BCUT2D eigenvalue weighted by Crippen LogP contribution is -2.34. The maximum Gasteiger partial charge on any atom is 0.340 e. The number of carbonyl (C=O) groups is 2. The molecule has 0 bridgehead atoms. The molecule has 198 valence electrons. The number of benzene rings is 2. The molecule has 0 aliphatic heterocycles. The summed E-state index contributed by atoms with van der Waals surface area (Å²) in [6.07, 6.45) is 5.73. The van der Waals surface area contributed by atoms with Crippen LogP contribution in [-0.4, -0.2) is 30.4 Å².